The summed E-state index contributed by atoms with van der Waals surface area (Å²) in [6.45, 7) is 2.83. The molecule has 2 aliphatic rings. The van der Waals surface area contributed by atoms with Crippen LogP contribution in [0.3, 0.4) is 0 Å². The molecule has 134 valence electrons. The van der Waals surface area contributed by atoms with Crippen molar-refractivity contribution in [2.24, 2.45) is 12.0 Å². The number of amidine groups is 1. The predicted octanol–water partition coefficient (Wildman–Crippen LogP) is 2.96. The molecule has 1 amide bonds. The first-order chi connectivity index (χ1) is 12.6. The number of thioether (sulfide) groups is 1. The summed E-state index contributed by atoms with van der Waals surface area (Å²) in [4.78, 5) is 21.2. The number of hydrogen-bond acceptors (Lipinski definition) is 4. The Kier molecular flexibility index (Phi) is 4.55. The summed E-state index contributed by atoms with van der Waals surface area (Å²) in [6.07, 6.45) is 3.82. The molecule has 0 unspecified atom stereocenters. The number of benzene rings is 1. The van der Waals surface area contributed by atoms with Gasteiger partial charge in [0.25, 0.3) is 5.91 Å². The Labute approximate surface area is 155 Å². The van der Waals surface area contributed by atoms with Crippen LogP contribution in [-0.4, -0.2) is 46.7 Å². The van der Waals surface area contributed by atoms with Gasteiger partial charge in [0, 0.05) is 45.1 Å². The molecule has 7 heteroatoms. The van der Waals surface area contributed by atoms with Crippen LogP contribution in [0.15, 0.2) is 52.5 Å². The van der Waals surface area contributed by atoms with Crippen molar-refractivity contribution >= 4 is 34.6 Å². The van der Waals surface area contributed by atoms with Crippen LogP contribution in [0, 0.1) is 5.82 Å². The van der Waals surface area contributed by atoms with Gasteiger partial charge in [-0.1, -0.05) is 12.1 Å². The largest absolute Gasteiger partial charge is 0.366 e. The molecule has 0 bridgehead atoms. The van der Waals surface area contributed by atoms with Crippen LogP contribution in [0.4, 0.5) is 10.1 Å². The average molecular weight is 370 g/mol. The van der Waals surface area contributed by atoms with Gasteiger partial charge >= 0.3 is 0 Å². The first-order valence-corrected chi connectivity index (χ1v) is 9.32. The average Bonchev–Trinajstić information content (AvgIpc) is 3.22. The molecule has 1 saturated heterocycles. The number of anilines is 1. The number of halogens is 1. The van der Waals surface area contributed by atoms with E-state index in [1.807, 2.05) is 47.0 Å². The summed E-state index contributed by atoms with van der Waals surface area (Å²) in [5.41, 5.74) is 1.61. The molecule has 2 aliphatic heterocycles. The molecule has 1 fully saturated rings. The number of aliphatic imine (C=N–C) groups is 1. The fourth-order valence-corrected chi connectivity index (χ4v) is 4.09. The number of nitrogens with zero attached hydrogens (tertiary/aromatic N) is 4. The lowest BCUT2D eigenvalue weighted by Gasteiger charge is -2.36. The van der Waals surface area contributed by atoms with E-state index in [4.69, 9.17) is 0 Å². The van der Waals surface area contributed by atoms with Crippen LogP contribution < -0.4 is 4.90 Å². The maximum atomic E-state index is 14.0. The summed E-state index contributed by atoms with van der Waals surface area (Å²) in [7, 11) is 1.94. The minimum atomic E-state index is -0.198. The molecule has 1 aromatic heterocycles. The van der Waals surface area contributed by atoms with E-state index >= 15 is 0 Å². The Morgan fingerprint density at radius 2 is 1.81 bits per heavy atom. The van der Waals surface area contributed by atoms with E-state index in [1.165, 1.54) is 17.8 Å². The maximum Gasteiger partial charge on any atom is 0.286 e. The van der Waals surface area contributed by atoms with E-state index in [0.717, 1.165) is 10.9 Å². The smallest absolute Gasteiger partial charge is 0.286 e. The Morgan fingerprint density at radius 1 is 1.08 bits per heavy atom. The molecule has 0 spiro atoms. The van der Waals surface area contributed by atoms with Crippen LogP contribution in [0.5, 0.6) is 0 Å². The molecular weight excluding hydrogens is 351 g/mol. The lowest BCUT2D eigenvalue weighted by Crippen LogP contribution is -2.48. The normalized spacial score (nSPS) is 19.4. The second-order valence-electron chi connectivity index (χ2n) is 6.28. The molecular formula is C19H19FN4OS. The Balaban J connectivity index is 1.42. The minimum absolute atomic E-state index is 0.192. The molecule has 0 atom stereocenters. The quantitative estimate of drug-likeness (QED) is 0.762. The first-order valence-electron chi connectivity index (χ1n) is 8.50. The third-order valence-corrected chi connectivity index (χ3v) is 5.66. The van der Waals surface area contributed by atoms with E-state index in [1.54, 1.807) is 12.1 Å². The van der Waals surface area contributed by atoms with Gasteiger partial charge in [0.2, 0.25) is 0 Å². The van der Waals surface area contributed by atoms with E-state index in [9.17, 15) is 9.18 Å². The van der Waals surface area contributed by atoms with E-state index in [2.05, 4.69) is 9.89 Å². The number of aromatic nitrogens is 1. The van der Waals surface area contributed by atoms with Crippen molar-refractivity contribution in [3.8, 4) is 0 Å². The highest BCUT2D eigenvalue weighted by atomic mass is 32.2. The van der Waals surface area contributed by atoms with Crippen molar-refractivity contribution in [2.75, 3.05) is 31.1 Å². The summed E-state index contributed by atoms with van der Waals surface area (Å²) in [5, 5.41) is 0.739. The molecule has 0 aliphatic carbocycles. The highest BCUT2D eigenvalue weighted by molar-refractivity contribution is 8.18. The third kappa shape index (κ3) is 3.26. The van der Waals surface area contributed by atoms with Crippen LogP contribution in [0.2, 0.25) is 0 Å². The van der Waals surface area contributed by atoms with Gasteiger partial charge in [0.05, 0.1) is 10.6 Å². The predicted molar refractivity (Wildman–Crippen MR) is 104 cm³/mol. The number of amides is 1. The lowest BCUT2D eigenvalue weighted by atomic mass is 10.2. The van der Waals surface area contributed by atoms with E-state index in [0.29, 0.717) is 36.8 Å². The monoisotopic (exact) mass is 370 g/mol. The molecule has 0 saturated carbocycles. The zero-order chi connectivity index (χ0) is 18.1. The van der Waals surface area contributed by atoms with Crippen molar-refractivity contribution in [2.45, 2.75) is 0 Å². The molecule has 4 rings (SSSR count). The van der Waals surface area contributed by atoms with E-state index in [-0.39, 0.29) is 11.7 Å². The number of carbonyl (C=O) groups is 1. The fraction of sp³-hybridized carbons (Fsp3) is 0.263. The molecule has 5 nitrogen and oxygen atoms in total. The lowest BCUT2D eigenvalue weighted by molar-refractivity contribution is -0.113. The summed E-state index contributed by atoms with van der Waals surface area (Å²) in [5.74, 6) is -0.390. The van der Waals surface area contributed by atoms with Crippen molar-refractivity contribution in [1.29, 1.82) is 0 Å². The highest BCUT2D eigenvalue weighted by Crippen LogP contribution is 2.31. The minimum Gasteiger partial charge on any atom is -0.366 e. The number of hydrogen-bond donors (Lipinski definition) is 0. The van der Waals surface area contributed by atoms with Gasteiger partial charge in [-0.05, 0) is 42.1 Å². The van der Waals surface area contributed by atoms with Gasteiger partial charge < -0.3 is 14.4 Å². The number of carbonyl (C=O) groups excluding carboxylic acids is 1. The number of aryl methyl sites for hydroxylation is 1. The molecule has 3 heterocycles. The van der Waals surface area contributed by atoms with Crippen molar-refractivity contribution < 1.29 is 9.18 Å². The molecule has 26 heavy (non-hydrogen) atoms. The molecule has 0 N–H and O–H groups in total. The second-order valence-corrected chi connectivity index (χ2v) is 7.29. The number of para-hydroxylation sites is 1. The molecule has 2 aromatic rings. The van der Waals surface area contributed by atoms with Crippen molar-refractivity contribution in [1.82, 2.24) is 9.47 Å². The zero-order valence-corrected chi connectivity index (χ0v) is 15.2. The molecule has 0 radical (unpaired) electrons. The zero-order valence-electron chi connectivity index (χ0n) is 14.4. The fourth-order valence-electron chi connectivity index (χ4n) is 3.14. The molecule has 1 aromatic carbocycles. The topological polar surface area (TPSA) is 40.8 Å². The number of piperazine rings is 1. The third-order valence-electron chi connectivity index (χ3n) is 4.62. The Hall–Kier alpha value is -2.54. The summed E-state index contributed by atoms with van der Waals surface area (Å²) >= 11 is 1.41. The highest BCUT2D eigenvalue weighted by Gasteiger charge is 2.29. The second kappa shape index (κ2) is 6.99. The standard InChI is InChI=1S/C19H19FN4OS/c1-22-8-4-5-14(22)13-17-18(25)21-19(26-17)24-11-9-23(10-12-24)16-7-3-2-6-15(16)20/h2-8,13H,9-12H2,1H3. The van der Waals surface area contributed by atoms with Gasteiger partial charge in [0.1, 0.15) is 5.82 Å². The van der Waals surface area contributed by atoms with E-state index < -0.39 is 0 Å². The van der Waals surface area contributed by atoms with Crippen molar-refractivity contribution in [3.05, 3.63) is 59.0 Å². The SMILES string of the molecule is Cn1cccc1C=C1SC(N2CCN(c3ccccc3F)CC2)=NC1=O. The first kappa shape index (κ1) is 16.9. The van der Waals surface area contributed by atoms with Gasteiger partial charge in [-0.2, -0.15) is 4.99 Å². The Bertz CT molecular complexity index is 896. The van der Waals surface area contributed by atoms with Crippen LogP contribution in [0.25, 0.3) is 6.08 Å². The Morgan fingerprint density at radius 3 is 2.50 bits per heavy atom. The van der Waals surface area contributed by atoms with Crippen LogP contribution in [0.1, 0.15) is 5.69 Å². The summed E-state index contributed by atoms with van der Waals surface area (Å²) in [6, 6.07) is 10.7. The van der Waals surface area contributed by atoms with Crippen LogP contribution >= 0.6 is 11.8 Å². The summed E-state index contributed by atoms with van der Waals surface area (Å²) < 4.78 is 15.9. The van der Waals surface area contributed by atoms with Crippen molar-refractivity contribution in [3.63, 3.8) is 0 Å². The van der Waals surface area contributed by atoms with Crippen LogP contribution in [-0.2, 0) is 11.8 Å². The van der Waals surface area contributed by atoms with Gasteiger partial charge in [-0.15, -0.1) is 0 Å². The van der Waals surface area contributed by atoms with Gasteiger partial charge in [-0.3, -0.25) is 4.79 Å². The van der Waals surface area contributed by atoms with Gasteiger partial charge in [-0.25, -0.2) is 4.39 Å². The van der Waals surface area contributed by atoms with Gasteiger partial charge in [0.15, 0.2) is 5.17 Å². The maximum absolute atomic E-state index is 14.0. The number of rotatable bonds is 2.